The fourth-order valence-corrected chi connectivity index (χ4v) is 2.50. The highest BCUT2D eigenvalue weighted by Crippen LogP contribution is 2.04. The van der Waals surface area contributed by atoms with Gasteiger partial charge in [-0.3, -0.25) is 24.1 Å². The van der Waals surface area contributed by atoms with E-state index in [1.807, 2.05) is 7.05 Å². The zero-order valence-electron chi connectivity index (χ0n) is 17.0. The lowest BCUT2D eigenvalue weighted by molar-refractivity contribution is -0.134. The van der Waals surface area contributed by atoms with Gasteiger partial charge >= 0.3 is 0 Å². The van der Waals surface area contributed by atoms with Gasteiger partial charge in [-0.1, -0.05) is 15.9 Å². The molecule has 29 heavy (non-hydrogen) atoms. The average Bonchev–Trinajstić information content (AvgIpc) is 2.64. The Bertz CT molecular complexity index is 523. The number of amides is 4. The Balaban J connectivity index is 0.000000444. The molecule has 168 valence electrons. The number of alkyl halides is 1. The Kier molecular flexibility index (Phi) is 13.3. The zero-order chi connectivity index (χ0) is 22.6. The molecule has 13 heteroatoms. The van der Waals surface area contributed by atoms with Crippen molar-refractivity contribution in [2.24, 2.45) is 22.9 Å². The van der Waals surface area contributed by atoms with Crippen LogP contribution in [0.5, 0.6) is 0 Å². The van der Waals surface area contributed by atoms with Gasteiger partial charge in [-0.05, 0) is 14.1 Å². The van der Waals surface area contributed by atoms with Crippen LogP contribution in [0.4, 0.5) is 0 Å². The second-order valence-corrected chi connectivity index (χ2v) is 7.68. The number of hydrogen-bond acceptors (Lipinski definition) is 8. The summed E-state index contributed by atoms with van der Waals surface area (Å²) in [6.07, 6.45) is 0. The predicted molar refractivity (Wildman–Crippen MR) is 113 cm³/mol. The smallest absolute Gasteiger partial charge is 0.244 e. The quantitative estimate of drug-likeness (QED) is 0.193. The summed E-state index contributed by atoms with van der Waals surface area (Å²) in [5.41, 5.74) is 19.5. The van der Waals surface area contributed by atoms with E-state index in [1.54, 1.807) is 4.90 Å². The molecule has 0 spiro atoms. The first-order chi connectivity index (χ1) is 13.5. The molecule has 0 aromatic rings. The molecule has 9 N–H and O–H groups in total. The third-order valence-corrected chi connectivity index (χ3v) is 5.18. The van der Waals surface area contributed by atoms with Crippen LogP contribution in [0.2, 0.25) is 0 Å². The number of rotatable bonds is 5. The van der Waals surface area contributed by atoms with Gasteiger partial charge in [-0.2, -0.15) is 0 Å². The highest BCUT2D eigenvalue weighted by Gasteiger charge is 2.30. The van der Waals surface area contributed by atoms with E-state index < -0.39 is 34.5 Å². The van der Waals surface area contributed by atoms with Crippen LogP contribution in [0.3, 0.4) is 0 Å². The summed E-state index contributed by atoms with van der Waals surface area (Å²) < 4.78 is 0. The van der Waals surface area contributed by atoms with E-state index in [1.165, 1.54) is 13.1 Å². The minimum absolute atomic E-state index is 0.646. The van der Waals surface area contributed by atoms with E-state index in [2.05, 4.69) is 49.6 Å². The Morgan fingerprint density at radius 1 is 0.724 bits per heavy atom. The SMILES string of the molecule is CN1CCN(C(C(N)=O)C(N)=O)CC1.CN1CCNCC1.NC(=O)C(Br)C(N)=O. The molecule has 0 atom stereocenters. The van der Waals surface area contributed by atoms with Gasteiger partial charge in [0.2, 0.25) is 23.6 Å². The number of piperazine rings is 2. The van der Waals surface area contributed by atoms with Gasteiger partial charge in [-0.15, -0.1) is 0 Å². The Labute approximate surface area is 179 Å². The molecule has 4 amide bonds. The van der Waals surface area contributed by atoms with E-state index in [0.717, 1.165) is 26.2 Å². The number of primary amides is 4. The lowest BCUT2D eigenvalue weighted by Crippen LogP contribution is -2.58. The molecular formula is C16H33BrN8O4. The molecule has 12 nitrogen and oxygen atoms in total. The van der Waals surface area contributed by atoms with Crippen LogP contribution in [-0.2, 0) is 19.2 Å². The zero-order valence-corrected chi connectivity index (χ0v) is 18.6. The van der Waals surface area contributed by atoms with Crippen molar-refractivity contribution in [2.75, 3.05) is 66.5 Å². The summed E-state index contributed by atoms with van der Waals surface area (Å²) in [6.45, 7) is 7.67. The molecule has 2 aliphatic rings. The second kappa shape index (κ2) is 14.2. The Morgan fingerprint density at radius 2 is 1.10 bits per heavy atom. The van der Waals surface area contributed by atoms with Gasteiger partial charge in [-0.25, -0.2) is 0 Å². The normalized spacial score (nSPS) is 18.2. The molecule has 0 aliphatic carbocycles. The van der Waals surface area contributed by atoms with Crippen LogP contribution in [0, 0.1) is 0 Å². The molecular weight excluding hydrogens is 448 g/mol. The van der Waals surface area contributed by atoms with Crippen LogP contribution >= 0.6 is 15.9 Å². The molecule has 2 saturated heterocycles. The van der Waals surface area contributed by atoms with Crippen molar-refractivity contribution >= 4 is 39.6 Å². The third-order valence-electron chi connectivity index (χ3n) is 4.28. The van der Waals surface area contributed by atoms with E-state index in [0.29, 0.717) is 13.1 Å². The molecule has 0 aromatic heterocycles. The Hall–Kier alpha value is -1.80. The van der Waals surface area contributed by atoms with Gasteiger partial charge in [0.05, 0.1) is 0 Å². The molecule has 0 saturated carbocycles. The van der Waals surface area contributed by atoms with Gasteiger partial charge in [0.15, 0.2) is 10.9 Å². The Morgan fingerprint density at radius 3 is 1.34 bits per heavy atom. The van der Waals surface area contributed by atoms with Crippen molar-refractivity contribution in [1.82, 2.24) is 20.0 Å². The third kappa shape index (κ3) is 11.7. The van der Waals surface area contributed by atoms with Crippen LogP contribution in [0.1, 0.15) is 0 Å². The first kappa shape index (κ1) is 27.2. The van der Waals surface area contributed by atoms with Crippen LogP contribution in [-0.4, -0.2) is 116 Å². The van der Waals surface area contributed by atoms with E-state index >= 15 is 0 Å². The first-order valence-electron chi connectivity index (χ1n) is 9.10. The highest BCUT2D eigenvalue weighted by molar-refractivity contribution is 9.10. The molecule has 0 aromatic carbocycles. The summed E-state index contributed by atoms with van der Waals surface area (Å²) in [5.74, 6) is -2.86. The van der Waals surface area contributed by atoms with Gasteiger partial charge in [0, 0.05) is 52.4 Å². The lowest BCUT2D eigenvalue weighted by atomic mass is 10.2. The van der Waals surface area contributed by atoms with Crippen LogP contribution < -0.4 is 28.3 Å². The monoisotopic (exact) mass is 480 g/mol. The summed E-state index contributed by atoms with van der Waals surface area (Å²) in [6, 6.07) is -0.955. The molecule has 0 unspecified atom stereocenters. The summed E-state index contributed by atoms with van der Waals surface area (Å²) >= 11 is 2.66. The molecule has 0 bridgehead atoms. The van der Waals surface area contributed by atoms with E-state index in [-0.39, 0.29) is 0 Å². The number of likely N-dealkylation sites (N-methyl/N-ethyl adjacent to an activating group) is 2. The number of nitrogens with two attached hydrogens (primary N) is 4. The van der Waals surface area contributed by atoms with Gasteiger partial charge in [0.25, 0.3) is 0 Å². The largest absolute Gasteiger partial charge is 0.368 e. The van der Waals surface area contributed by atoms with Crippen molar-refractivity contribution < 1.29 is 19.2 Å². The van der Waals surface area contributed by atoms with Crippen molar-refractivity contribution in [3.05, 3.63) is 0 Å². The minimum atomic E-state index is -1.04. The summed E-state index contributed by atoms with van der Waals surface area (Å²) in [5, 5.41) is 3.27. The second-order valence-electron chi connectivity index (χ2n) is 6.77. The standard InChI is InChI=1S/C8H16N4O2.C5H12N2.C3H5BrN2O2/c1-11-2-4-12(5-3-11)6(7(9)13)8(10)14;1-7-4-2-6-3-5-7;4-1(2(5)7)3(6)8/h6H,2-5H2,1H3,(H2,9,13)(H2,10,14);6H,2-5H2,1H3;1H,(H2,5,7)(H2,6,8). The first-order valence-corrected chi connectivity index (χ1v) is 10.0. The van der Waals surface area contributed by atoms with Crippen LogP contribution in [0.25, 0.3) is 0 Å². The molecule has 2 heterocycles. The fourth-order valence-electron chi connectivity index (χ4n) is 2.50. The number of carbonyl (C=O) groups is 4. The maximum atomic E-state index is 11.0. The maximum absolute atomic E-state index is 11.0. The molecule has 2 aliphatic heterocycles. The van der Waals surface area contributed by atoms with E-state index in [9.17, 15) is 19.2 Å². The molecule has 2 rings (SSSR count). The van der Waals surface area contributed by atoms with Gasteiger partial charge < -0.3 is 38.1 Å². The predicted octanol–water partition coefficient (Wildman–Crippen LogP) is -4.19. The van der Waals surface area contributed by atoms with Crippen molar-refractivity contribution in [1.29, 1.82) is 0 Å². The summed E-state index contributed by atoms with van der Waals surface area (Å²) in [4.78, 5) is 47.1. The van der Waals surface area contributed by atoms with Crippen molar-refractivity contribution in [2.45, 2.75) is 10.9 Å². The summed E-state index contributed by atoms with van der Waals surface area (Å²) in [7, 11) is 4.14. The minimum Gasteiger partial charge on any atom is -0.368 e. The fraction of sp³-hybridized carbons (Fsp3) is 0.750. The number of nitrogens with zero attached hydrogens (tertiary/aromatic N) is 3. The number of hydrogen-bond donors (Lipinski definition) is 5. The topological polar surface area (TPSA) is 194 Å². The maximum Gasteiger partial charge on any atom is 0.244 e. The van der Waals surface area contributed by atoms with Crippen molar-refractivity contribution in [3.8, 4) is 0 Å². The number of carbonyl (C=O) groups excluding carboxylic acids is 4. The lowest BCUT2D eigenvalue weighted by Gasteiger charge is -2.35. The number of nitrogens with one attached hydrogen (secondary N) is 1. The number of halogens is 1. The van der Waals surface area contributed by atoms with Gasteiger partial charge in [0.1, 0.15) is 0 Å². The van der Waals surface area contributed by atoms with E-state index in [4.69, 9.17) is 11.5 Å². The molecule has 0 radical (unpaired) electrons. The molecule has 2 fully saturated rings. The average molecular weight is 481 g/mol. The highest BCUT2D eigenvalue weighted by atomic mass is 79.9. The van der Waals surface area contributed by atoms with Crippen molar-refractivity contribution in [3.63, 3.8) is 0 Å². The van der Waals surface area contributed by atoms with Crippen LogP contribution in [0.15, 0.2) is 0 Å².